The van der Waals surface area contributed by atoms with E-state index in [4.69, 9.17) is 0 Å². The molecule has 1 atom stereocenters. The fourth-order valence-corrected chi connectivity index (χ4v) is 4.90. The summed E-state index contributed by atoms with van der Waals surface area (Å²) < 4.78 is 39.9. The van der Waals surface area contributed by atoms with Crippen LogP contribution in [0.2, 0.25) is 0 Å². The van der Waals surface area contributed by atoms with Gasteiger partial charge in [-0.2, -0.15) is 13.2 Å². The Bertz CT molecular complexity index is 873. The van der Waals surface area contributed by atoms with Gasteiger partial charge in [0.25, 0.3) is 5.91 Å². The summed E-state index contributed by atoms with van der Waals surface area (Å²) >= 11 is 0. The normalized spacial score (nSPS) is 24.9. The van der Waals surface area contributed by atoms with Crippen molar-refractivity contribution in [3.8, 4) is 0 Å². The van der Waals surface area contributed by atoms with Crippen LogP contribution in [0.25, 0.3) is 0 Å². The van der Waals surface area contributed by atoms with Crippen molar-refractivity contribution in [3.05, 3.63) is 70.8 Å². The lowest BCUT2D eigenvalue weighted by atomic mass is 9.67. The molecule has 2 aromatic rings. The van der Waals surface area contributed by atoms with Gasteiger partial charge in [0.05, 0.1) is 11.6 Å². The number of carbonyl (C=O) groups is 1. The van der Waals surface area contributed by atoms with Crippen LogP contribution in [-0.2, 0) is 6.18 Å². The molecule has 0 radical (unpaired) electrons. The molecule has 0 unspecified atom stereocenters. The number of nitrogens with one attached hydrogen (secondary N) is 2. The minimum absolute atomic E-state index is 0.0397. The zero-order valence-corrected chi connectivity index (χ0v) is 16.4. The fourth-order valence-electron chi connectivity index (χ4n) is 4.90. The highest BCUT2D eigenvalue weighted by atomic mass is 19.4. The third kappa shape index (κ3) is 3.78. The molecule has 154 valence electrons. The monoisotopic (exact) mass is 402 g/mol. The predicted molar refractivity (Wildman–Crippen MR) is 106 cm³/mol. The average molecular weight is 402 g/mol. The van der Waals surface area contributed by atoms with Crippen LogP contribution in [-0.4, -0.2) is 18.0 Å². The van der Waals surface area contributed by atoms with E-state index in [1.807, 2.05) is 30.3 Å². The van der Waals surface area contributed by atoms with Gasteiger partial charge in [-0.3, -0.25) is 4.79 Å². The SMILES string of the molecule is Cc1c(C(=O)N[C@H](c2ccccc2)C23CCC(CC2)CN3)cccc1C(F)(F)F. The third-order valence-electron chi connectivity index (χ3n) is 6.58. The average Bonchev–Trinajstić information content (AvgIpc) is 2.73. The van der Waals surface area contributed by atoms with Crippen molar-refractivity contribution in [2.24, 2.45) is 5.92 Å². The number of amides is 1. The Morgan fingerprint density at radius 3 is 2.38 bits per heavy atom. The molecule has 5 rings (SSSR count). The molecule has 2 bridgehead atoms. The van der Waals surface area contributed by atoms with Gasteiger partial charge in [0, 0.05) is 11.1 Å². The van der Waals surface area contributed by atoms with E-state index in [2.05, 4.69) is 10.6 Å². The molecule has 2 heterocycles. The van der Waals surface area contributed by atoms with Gasteiger partial charge in [-0.15, -0.1) is 0 Å². The Labute approximate surface area is 168 Å². The zero-order valence-electron chi connectivity index (χ0n) is 16.4. The first kappa shape index (κ1) is 20.0. The molecule has 0 spiro atoms. The van der Waals surface area contributed by atoms with E-state index in [0.29, 0.717) is 5.92 Å². The maximum Gasteiger partial charge on any atom is 0.416 e. The minimum atomic E-state index is -4.48. The van der Waals surface area contributed by atoms with E-state index < -0.39 is 17.6 Å². The van der Waals surface area contributed by atoms with Gasteiger partial charge in [0.1, 0.15) is 0 Å². The Kier molecular flexibility index (Phi) is 5.15. The molecule has 3 aliphatic rings. The number of hydrogen-bond donors (Lipinski definition) is 2. The lowest BCUT2D eigenvalue weighted by Crippen LogP contribution is -2.62. The van der Waals surface area contributed by atoms with Crippen molar-refractivity contribution in [2.45, 2.75) is 50.4 Å². The second-order valence-corrected chi connectivity index (χ2v) is 8.27. The molecular weight excluding hydrogens is 377 g/mol. The Hall–Kier alpha value is -2.34. The highest BCUT2D eigenvalue weighted by Gasteiger charge is 2.47. The van der Waals surface area contributed by atoms with Gasteiger partial charge >= 0.3 is 6.18 Å². The molecule has 29 heavy (non-hydrogen) atoms. The second kappa shape index (κ2) is 7.48. The van der Waals surface area contributed by atoms with Gasteiger partial charge in [-0.1, -0.05) is 36.4 Å². The van der Waals surface area contributed by atoms with Gasteiger partial charge in [-0.25, -0.2) is 0 Å². The van der Waals surface area contributed by atoms with Crippen LogP contribution in [0.4, 0.5) is 13.2 Å². The number of piperidine rings is 2. The maximum absolute atomic E-state index is 13.3. The molecular formula is C23H25F3N2O. The minimum Gasteiger partial charge on any atom is -0.343 e. The molecule has 3 nitrogen and oxygen atoms in total. The summed E-state index contributed by atoms with van der Waals surface area (Å²) in [6.07, 6.45) is -0.386. The van der Waals surface area contributed by atoms with Crippen LogP contribution >= 0.6 is 0 Å². The van der Waals surface area contributed by atoms with Crippen molar-refractivity contribution in [2.75, 3.05) is 6.54 Å². The zero-order chi connectivity index (χ0) is 20.6. The summed E-state index contributed by atoms with van der Waals surface area (Å²) in [6.45, 7) is 2.28. The summed E-state index contributed by atoms with van der Waals surface area (Å²) in [5.74, 6) is 0.209. The first-order chi connectivity index (χ1) is 13.8. The molecule has 1 aliphatic carbocycles. The summed E-state index contributed by atoms with van der Waals surface area (Å²) in [7, 11) is 0. The number of rotatable bonds is 4. The number of halogens is 3. The molecule has 1 saturated carbocycles. The largest absolute Gasteiger partial charge is 0.416 e. The molecule has 1 amide bonds. The van der Waals surface area contributed by atoms with E-state index in [9.17, 15) is 18.0 Å². The van der Waals surface area contributed by atoms with Crippen molar-refractivity contribution in [1.29, 1.82) is 0 Å². The van der Waals surface area contributed by atoms with E-state index >= 15 is 0 Å². The quantitative estimate of drug-likeness (QED) is 0.754. The van der Waals surface area contributed by atoms with Gasteiger partial charge in [-0.05, 0) is 68.3 Å². The Morgan fingerprint density at radius 1 is 1.10 bits per heavy atom. The van der Waals surface area contributed by atoms with Crippen molar-refractivity contribution >= 4 is 5.91 Å². The van der Waals surface area contributed by atoms with E-state index in [1.165, 1.54) is 19.1 Å². The highest BCUT2D eigenvalue weighted by molar-refractivity contribution is 5.96. The van der Waals surface area contributed by atoms with Crippen molar-refractivity contribution in [3.63, 3.8) is 0 Å². The Balaban J connectivity index is 1.68. The van der Waals surface area contributed by atoms with Gasteiger partial charge < -0.3 is 10.6 Å². The van der Waals surface area contributed by atoms with Gasteiger partial charge in [0.15, 0.2) is 0 Å². The Morgan fingerprint density at radius 2 is 1.79 bits per heavy atom. The summed E-state index contributed by atoms with van der Waals surface area (Å²) in [5, 5.41) is 6.73. The third-order valence-corrected chi connectivity index (χ3v) is 6.58. The van der Waals surface area contributed by atoms with Crippen molar-refractivity contribution in [1.82, 2.24) is 10.6 Å². The smallest absolute Gasteiger partial charge is 0.343 e. The van der Waals surface area contributed by atoms with Crippen LogP contribution in [0.5, 0.6) is 0 Å². The molecule has 0 aromatic heterocycles. The summed E-state index contributed by atoms with van der Waals surface area (Å²) in [6, 6.07) is 13.2. The van der Waals surface area contributed by atoms with Gasteiger partial charge in [0.2, 0.25) is 0 Å². The van der Waals surface area contributed by atoms with Crippen LogP contribution in [0.3, 0.4) is 0 Å². The first-order valence-corrected chi connectivity index (χ1v) is 10.1. The predicted octanol–water partition coefficient (Wildman–Crippen LogP) is 5.02. The number of alkyl halides is 3. The number of hydrogen-bond acceptors (Lipinski definition) is 2. The fraction of sp³-hybridized carbons (Fsp3) is 0.435. The van der Waals surface area contributed by atoms with Crippen molar-refractivity contribution < 1.29 is 18.0 Å². The summed E-state index contributed by atoms with van der Waals surface area (Å²) in [4.78, 5) is 13.1. The number of benzene rings is 2. The van der Waals surface area contributed by atoms with Crippen LogP contribution in [0.15, 0.2) is 48.5 Å². The van der Waals surface area contributed by atoms with Crippen LogP contribution in [0, 0.1) is 12.8 Å². The molecule has 2 aromatic carbocycles. The summed E-state index contributed by atoms with van der Waals surface area (Å²) in [5.41, 5.74) is -0.0284. The maximum atomic E-state index is 13.3. The molecule has 2 saturated heterocycles. The molecule has 2 N–H and O–H groups in total. The first-order valence-electron chi connectivity index (χ1n) is 10.1. The standard InChI is InChI=1S/C23H25F3N2O/c1-15-18(8-5-9-19(15)23(24,25)26)21(29)28-20(17-6-3-2-4-7-17)22-12-10-16(11-13-22)14-27-22/h2-9,16,20,27H,10-14H2,1H3,(H,28,29)/t16?,20-,22?/m1/s1. The lowest BCUT2D eigenvalue weighted by molar-refractivity contribution is -0.138. The topological polar surface area (TPSA) is 41.1 Å². The number of carbonyl (C=O) groups excluding carboxylic acids is 1. The lowest BCUT2D eigenvalue weighted by Gasteiger charge is -2.52. The molecule has 6 heteroatoms. The van der Waals surface area contributed by atoms with E-state index in [-0.39, 0.29) is 22.7 Å². The van der Waals surface area contributed by atoms with E-state index in [0.717, 1.165) is 43.9 Å². The van der Waals surface area contributed by atoms with E-state index in [1.54, 1.807) is 0 Å². The number of fused-ring (bicyclic) bond motifs is 3. The second-order valence-electron chi connectivity index (χ2n) is 8.27. The van der Waals surface area contributed by atoms with Crippen LogP contribution < -0.4 is 10.6 Å². The molecule has 2 aliphatic heterocycles. The highest BCUT2D eigenvalue weighted by Crippen LogP contribution is 2.44. The van der Waals surface area contributed by atoms with Crippen LogP contribution in [0.1, 0.15) is 58.8 Å². The molecule has 3 fully saturated rings.